The molecular formula is C10H18N2OS. The topological polar surface area (TPSA) is 41.5 Å². The van der Waals surface area contributed by atoms with Gasteiger partial charge in [0.05, 0.1) is 4.99 Å². The van der Waals surface area contributed by atoms with Crippen molar-refractivity contribution in [3.05, 3.63) is 0 Å². The van der Waals surface area contributed by atoms with Gasteiger partial charge in [0, 0.05) is 12.3 Å². The van der Waals surface area contributed by atoms with Gasteiger partial charge in [-0.1, -0.05) is 39.9 Å². The molecule has 0 atom stereocenters. The molecule has 4 heteroatoms. The van der Waals surface area contributed by atoms with Crippen LogP contribution in [0.15, 0.2) is 5.10 Å². The molecule has 0 aliphatic heterocycles. The molecular weight excluding hydrogens is 196 g/mol. The SMILES string of the molecule is CCC(=S)N/N=C(\C(C)=O)C(C)(C)C. The summed E-state index contributed by atoms with van der Waals surface area (Å²) in [5.41, 5.74) is 2.99. The monoisotopic (exact) mass is 214 g/mol. The summed E-state index contributed by atoms with van der Waals surface area (Å²) in [5.74, 6) is -0.0242. The number of rotatable bonds is 3. The van der Waals surface area contributed by atoms with Gasteiger partial charge in [-0.2, -0.15) is 5.10 Å². The van der Waals surface area contributed by atoms with Crippen LogP contribution < -0.4 is 5.43 Å². The minimum Gasteiger partial charge on any atom is -0.293 e. The van der Waals surface area contributed by atoms with E-state index in [9.17, 15) is 4.79 Å². The fourth-order valence-electron chi connectivity index (χ4n) is 0.972. The number of Topliss-reactive ketones (excluding diaryl/α,β-unsaturated/α-hetero) is 1. The number of carbonyl (C=O) groups excluding carboxylic acids is 1. The van der Waals surface area contributed by atoms with Crippen LogP contribution in [-0.2, 0) is 4.79 Å². The Kier molecular flexibility index (Phi) is 4.91. The Morgan fingerprint density at radius 1 is 1.43 bits per heavy atom. The zero-order chi connectivity index (χ0) is 11.4. The normalized spacial score (nSPS) is 12.5. The van der Waals surface area contributed by atoms with E-state index in [0.717, 1.165) is 6.42 Å². The molecule has 0 aliphatic carbocycles. The fourth-order valence-corrected chi connectivity index (χ4v) is 1.02. The van der Waals surface area contributed by atoms with E-state index in [2.05, 4.69) is 10.5 Å². The van der Waals surface area contributed by atoms with Crippen molar-refractivity contribution in [1.29, 1.82) is 0 Å². The van der Waals surface area contributed by atoms with Crippen LogP contribution in [0.1, 0.15) is 41.0 Å². The molecule has 0 radical (unpaired) electrons. The summed E-state index contributed by atoms with van der Waals surface area (Å²) >= 11 is 4.95. The smallest absolute Gasteiger partial charge is 0.176 e. The second kappa shape index (κ2) is 5.20. The van der Waals surface area contributed by atoms with Crippen molar-refractivity contribution in [2.75, 3.05) is 0 Å². The lowest BCUT2D eigenvalue weighted by Crippen LogP contribution is -2.30. The van der Waals surface area contributed by atoms with Gasteiger partial charge in [-0.25, -0.2) is 0 Å². The molecule has 0 spiro atoms. The number of nitrogens with one attached hydrogen (secondary N) is 1. The first-order chi connectivity index (χ1) is 6.29. The maximum atomic E-state index is 11.3. The molecule has 80 valence electrons. The number of hydrazone groups is 1. The standard InChI is InChI=1S/C10H18N2OS/c1-6-8(14)11-12-9(7(2)13)10(3,4)5/h6H2,1-5H3,(H,11,14)/b12-9+. The highest BCUT2D eigenvalue weighted by Gasteiger charge is 2.23. The largest absolute Gasteiger partial charge is 0.293 e. The van der Waals surface area contributed by atoms with Crippen molar-refractivity contribution in [3.8, 4) is 0 Å². The first-order valence-corrected chi connectivity index (χ1v) is 5.07. The highest BCUT2D eigenvalue weighted by molar-refractivity contribution is 7.80. The summed E-state index contributed by atoms with van der Waals surface area (Å²) in [6, 6.07) is 0. The minimum atomic E-state index is -0.248. The van der Waals surface area contributed by atoms with E-state index in [4.69, 9.17) is 12.2 Å². The molecule has 0 aromatic rings. The van der Waals surface area contributed by atoms with E-state index < -0.39 is 0 Å². The van der Waals surface area contributed by atoms with Gasteiger partial charge in [0.25, 0.3) is 0 Å². The molecule has 0 heterocycles. The van der Waals surface area contributed by atoms with Gasteiger partial charge in [-0.15, -0.1) is 0 Å². The summed E-state index contributed by atoms with van der Waals surface area (Å²) in [7, 11) is 0. The molecule has 3 nitrogen and oxygen atoms in total. The van der Waals surface area contributed by atoms with Crippen molar-refractivity contribution < 1.29 is 4.79 Å². The maximum absolute atomic E-state index is 11.3. The van der Waals surface area contributed by atoms with Crippen LogP contribution in [-0.4, -0.2) is 16.5 Å². The minimum absolute atomic E-state index is 0.0242. The summed E-state index contributed by atoms with van der Waals surface area (Å²) in [4.78, 5) is 11.9. The van der Waals surface area contributed by atoms with Gasteiger partial charge in [-0.05, 0) is 6.42 Å². The van der Waals surface area contributed by atoms with Gasteiger partial charge < -0.3 is 0 Å². The summed E-state index contributed by atoms with van der Waals surface area (Å²) in [6.07, 6.45) is 0.730. The van der Waals surface area contributed by atoms with Gasteiger partial charge in [0.2, 0.25) is 0 Å². The first-order valence-electron chi connectivity index (χ1n) is 4.67. The molecule has 0 aromatic heterocycles. The Balaban J connectivity index is 4.68. The van der Waals surface area contributed by atoms with Gasteiger partial charge >= 0.3 is 0 Å². The molecule has 0 unspecified atom stereocenters. The van der Waals surface area contributed by atoms with E-state index in [0.29, 0.717) is 10.7 Å². The van der Waals surface area contributed by atoms with Crippen molar-refractivity contribution >= 4 is 28.7 Å². The van der Waals surface area contributed by atoms with Crippen molar-refractivity contribution in [1.82, 2.24) is 5.43 Å². The van der Waals surface area contributed by atoms with Crippen LogP contribution in [0.5, 0.6) is 0 Å². The third-order valence-corrected chi connectivity index (χ3v) is 2.04. The highest BCUT2D eigenvalue weighted by atomic mass is 32.1. The lowest BCUT2D eigenvalue weighted by atomic mass is 9.88. The average molecular weight is 214 g/mol. The zero-order valence-electron chi connectivity index (χ0n) is 9.47. The quantitative estimate of drug-likeness (QED) is 0.445. The highest BCUT2D eigenvalue weighted by Crippen LogP contribution is 2.16. The Morgan fingerprint density at radius 2 is 1.93 bits per heavy atom. The third kappa shape index (κ3) is 4.46. The number of carbonyl (C=O) groups is 1. The predicted molar refractivity (Wildman–Crippen MR) is 63.6 cm³/mol. The van der Waals surface area contributed by atoms with E-state index in [1.54, 1.807) is 0 Å². The summed E-state index contributed by atoms with van der Waals surface area (Å²) < 4.78 is 0. The summed E-state index contributed by atoms with van der Waals surface area (Å²) in [5, 5.41) is 4.04. The van der Waals surface area contributed by atoms with Crippen molar-refractivity contribution in [3.63, 3.8) is 0 Å². The Labute approximate surface area is 91.0 Å². The molecule has 0 bridgehead atoms. The molecule has 0 rings (SSSR count). The van der Waals surface area contributed by atoms with Crippen LogP contribution in [0.3, 0.4) is 0 Å². The molecule has 0 amide bonds. The molecule has 0 saturated heterocycles. The summed E-state index contributed by atoms with van der Waals surface area (Å²) in [6.45, 7) is 9.30. The number of nitrogens with zero attached hydrogens (tertiary/aromatic N) is 1. The Bertz CT molecular complexity index is 264. The second-order valence-electron chi connectivity index (χ2n) is 4.16. The lowest BCUT2D eigenvalue weighted by Gasteiger charge is -2.18. The molecule has 0 aliphatic rings. The van der Waals surface area contributed by atoms with E-state index in [1.807, 2.05) is 27.7 Å². The molecule has 0 saturated carbocycles. The maximum Gasteiger partial charge on any atom is 0.176 e. The fraction of sp³-hybridized carbons (Fsp3) is 0.700. The first kappa shape index (κ1) is 13.2. The van der Waals surface area contributed by atoms with Crippen molar-refractivity contribution in [2.45, 2.75) is 41.0 Å². The van der Waals surface area contributed by atoms with E-state index >= 15 is 0 Å². The van der Waals surface area contributed by atoms with Crippen LogP contribution in [0.4, 0.5) is 0 Å². The number of hydrogen-bond donors (Lipinski definition) is 1. The van der Waals surface area contributed by atoms with Crippen LogP contribution in [0.25, 0.3) is 0 Å². The molecule has 14 heavy (non-hydrogen) atoms. The Morgan fingerprint density at radius 3 is 2.21 bits per heavy atom. The zero-order valence-corrected chi connectivity index (χ0v) is 10.3. The van der Waals surface area contributed by atoms with Crippen LogP contribution in [0, 0.1) is 5.41 Å². The molecule has 0 fully saturated rings. The second-order valence-corrected chi connectivity index (χ2v) is 4.65. The number of hydrogen-bond acceptors (Lipinski definition) is 3. The van der Waals surface area contributed by atoms with Gasteiger partial charge in [0.1, 0.15) is 5.71 Å². The lowest BCUT2D eigenvalue weighted by molar-refractivity contribution is -0.111. The van der Waals surface area contributed by atoms with Crippen LogP contribution in [0.2, 0.25) is 0 Å². The Hall–Kier alpha value is -0.770. The number of thiocarbonyl (C=S) groups is 1. The number of ketones is 1. The third-order valence-electron chi connectivity index (χ3n) is 1.66. The average Bonchev–Trinajstić information content (AvgIpc) is 2.01. The van der Waals surface area contributed by atoms with Crippen molar-refractivity contribution in [2.24, 2.45) is 10.5 Å². The van der Waals surface area contributed by atoms with Crippen LogP contribution >= 0.6 is 12.2 Å². The van der Waals surface area contributed by atoms with Gasteiger partial charge in [-0.3, -0.25) is 10.2 Å². The van der Waals surface area contributed by atoms with E-state index in [1.165, 1.54) is 6.92 Å². The molecule has 0 aromatic carbocycles. The predicted octanol–water partition coefficient (Wildman–Crippen LogP) is 2.30. The van der Waals surface area contributed by atoms with Gasteiger partial charge in [0.15, 0.2) is 5.78 Å². The molecule has 1 N–H and O–H groups in total. The van der Waals surface area contributed by atoms with E-state index in [-0.39, 0.29) is 11.2 Å².